The van der Waals surface area contributed by atoms with Crippen LogP contribution in [0.4, 0.5) is 0 Å². The fraction of sp³-hybridized carbons (Fsp3) is 0.176. The lowest BCUT2D eigenvalue weighted by Crippen LogP contribution is -2.23. The summed E-state index contributed by atoms with van der Waals surface area (Å²) in [4.78, 5) is 21.9. The zero-order chi connectivity index (χ0) is 16.4. The summed E-state index contributed by atoms with van der Waals surface area (Å²) in [5, 5.41) is 9.77. The number of hydrogen-bond acceptors (Lipinski definition) is 5. The number of thioether (sulfide) groups is 1. The van der Waals surface area contributed by atoms with Crippen LogP contribution in [-0.2, 0) is 0 Å². The van der Waals surface area contributed by atoms with Gasteiger partial charge >= 0.3 is 0 Å². The minimum absolute atomic E-state index is 0.179. The maximum atomic E-state index is 12.9. The first kappa shape index (κ1) is 15.3. The molecule has 0 amide bonds. The molecule has 0 saturated heterocycles. The van der Waals surface area contributed by atoms with Gasteiger partial charge in [-0.15, -0.1) is 0 Å². The zero-order valence-electron chi connectivity index (χ0n) is 12.7. The van der Waals surface area contributed by atoms with E-state index in [-0.39, 0.29) is 10.8 Å². The van der Waals surface area contributed by atoms with Crippen molar-refractivity contribution in [3.8, 4) is 11.9 Å². The third-order valence-electron chi connectivity index (χ3n) is 3.31. The van der Waals surface area contributed by atoms with Crippen molar-refractivity contribution in [3.63, 3.8) is 0 Å². The monoisotopic (exact) mass is 322 g/mol. The van der Waals surface area contributed by atoms with Gasteiger partial charge in [-0.1, -0.05) is 30.0 Å². The lowest BCUT2D eigenvalue weighted by Gasteiger charge is -2.13. The molecule has 0 saturated carbocycles. The molecule has 2 aromatic heterocycles. The summed E-state index contributed by atoms with van der Waals surface area (Å²) in [6.07, 6.45) is 0. The molecule has 0 fully saturated rings. The van der Waals surface area contributed by atoms with E-state index in [1.165, 1.54) is 16.3 Å². The summed E-state index contributed by atoms with van der Waals surface area (Å²) in [7, 11) is 0. The Morgan fingerprint density at radius 3 is 2.70 bits per heavy atom. The second kappa shape index (κ2) is 6.23. The Labute approximate surface area is 137 Å². The number of fused-ring (bicyclic) bond motifs is 1. The van der Waals surface area contributed by atoms with Crippen molar-refractivity contribution in [1.82, 2.24) is 14.5 Å². The van der Waals surface area contributed by atoms with Gasteiger partial charge in [-0.3, -0.25) is 4.79 Å². The molecular formula is C17H14N4OS. The van der Waals surface area contributed by atoms with E-state index in [0.717, 1.165) is 5.69 Å². The molecule has 1 aromatic carbocycles. The summed E-state index contributed by atoms with van der Waals surface area (Å²) in [6, 6.07) is 14.8. The van der Waals surface area contributed by atoms with Gasteiger partial charge in [0.15, 0.2) is 5.16 Å². The topological polar surface area (TPSA) is 71.6 Å². The molecule has 0 aliphatic carbocycles. The van der Waals surface area contributed by atoms with Gasteiger partial charge in [-0.05, 0) is 38.1 Å². The molecule has 23 heavy (non-hydrogen) atoms. The number of pyridine rings is 1. The number of benzene rings is 1. The Balaban J connectivity index is 2.33. The molecule has 0 radical (unpaired) electrons. The number of para-hydroxylation sites is 1. The molecule has 5 nitrogen and oxygen atoms in total. The molecule has 0 aliphatic rings. The largest absolute Gasteiger partial charge is 0.268 e. The quantitative estimate of drug-likeness (QED) is 0.547. The van der Waals surface area contributed by atoms with Crippen molar-refractivity contribution < 1.29 is 0 Å². The zero-order valence-corrected chi connectivity index (χ0v) is 13.5. The molecular weight excluding hydrogens is 308 g/mol. The van der Waals surface area contributed by atoms with Crippen molar-refractivity contribution >= 4 is 22.7 Å². The average Bonchev–Trinajstić information content (AvgIpc) is 2.55. The predicted molar refractivity (Wildman–Crippen MR) is 90.8 cm³/mol. The highest BCUT2D eigenvalue weighted by atomic mass is 32.2. The van der Waals surface area contributed by atoms with Crippen LogP contribution in [0.2, 0.25) is 0 Å². The number of aryl methyl sites for hydroxylation is 1. The molecule has 0 aliphatic heterocycles. The second-order valence-corrected chi connectivity index (χ2v) is 6.39. The van der Waals surface area contributed by atoms with Crippen molar-refractivity contribution in [2.24, 2.45) is 0 Å². The van der Waals surface area contributed by atoms with E-state index in [9.17, 15) is 4.79 Å². The van der Waals surface area contributed by atoms with Crippen LogP contribution in [0.3, 0.4) is 0 Å². The first-order valence-electron chi connectivity index (χ1n) is 7.12. The lowest BCUT2D eigenvalue weighted by molar-refractivity contribution is 0.790. The van der Waals surface area contributed by atoms with E-state index >= 15 is 0 Å². The SMILES string of the molecule is Cc1cccc(-n2c(S[C@@H](C)C#N)nc3ccccc3c2=O)n1. The number of nitriles is 1. The fourth-order valence-electron chi connectivity index (χ4n) is 2.23. The molecule has 1 atom stereocenters. The fourth-order valence-corrected chi connectivity index (χ4v) is 3.03. The minimum atomic E-state index is -0.320. The molecule has 6 heteroatoms. The van der Waals surface area contributed by atoms with Crippen molar-refractivity contribution in [1.29, 1.82) is 5.26 Å². The van der Waals surface area contributed by atoms with E-state index in [2.05, 4.69) is 16.0 Å². The Kier molecular flexibility index (Phi) is 4.13. The highest BCUT2D eigenvalue weighted by Crippen LogP contribution is 2.24. The molecule has 114 valence electrons. The van der Waals surface area contributed by atoms with Gasteiger partial charge in [0, 0.05) is 5.69 Å². The van der Waals surface area contributed by atoms with Crippen molar-refractivity contribution in [3.05, 3.63) is 58.5 Å². The summed E-state index contributed by atoms with van der Waals surface area (Å²) in [6.45, 7) is 3.65. The predicted octanol–water partition coefficient (Wildman–Crippen LogP) is 3.09. The highest BCUT2D eigenvalue weighted by Gasteiger charge is 2.16. The molecule has 2 heterocycles. The van der Waals surface area contributed by atoms with E-state index in [1.54, 1.807) is 25.1 Å². The normalized spacial score (nSPS) is 12.0. The van der Waals surface area contributed by atoms with Gasteiger partial charge in [-0.2, -0.15) is 5.26 Å². The van der Waals surface area contributed by atoms with Crippen LogP contribution in [0, 0.1) is 18.3 Å². The molecule has 0 N–H and O–H groups in total. The van der Waals surface area contributed by atoms with Crippen molar-refractivity contribution in [2.45, 2.75) is 24.3 Å². The summed E-state index contributed by atoms with van der Waals surface area (Å²) >= 11 is 1.25. The van der Waals surface area contributed by atoms with Crippen LogP contribution in [0.25, 0.3) is 16.7 Å². The van der Waals surface area contributed by atoms with Crippen LogP contribution < -0.4 is 5.56 Å². The minimum Gasteiger partial charge on any atom is -0.268 e. The van der Waals surface area contributed by atoms with Crippen LogP contribution in [0.1, 0.15) is 12.6 Å². The van der Waals surface area contributed by atoms with Crippen LogP contribution in [0.5, 0.6) is 0 Å². The Hall–Kier alpha value is -2.65. The molecule has 3 rings (SSSR count). The number of rotatable bonds is 3. The number of aromatic nitrogens is 3. The van der Waals surface area contributed by atoms with E-state index in [4.69, 9.17) is 5.26 Å². The molecule has 0 spiro atoms. The van der Waals surface area contributed by atoms with Crippen molar-refractivity contribution in [2.75, 3.05) is 0 Å². The lowest BCUT2D eigenvalue weighted by atomic mass is 10.2. The van der Waals surface area contributed by atoms with Gasteiger partial charge < -0.3 is 0 Å². The van der Waals surface area contributed by atoms with Gasteiger partial charge in [0.25, 0.3) is 5.56 Å². The molecule has 3 aromatic rings. The maximum absolute atomic E-state index is 12.9. The maximum Gasteiger partial charge on any atom is 0.267 e. The summed E-state index contributed by atoms with van der Waals surface area (Å²) in [5.74, 6) is 0.515. The number of nitrogens with zero attached hydrogens (tertiary/aromatic N) is 4. The van der Waals surface area contributed by atoms with Gasteiger partial charge in [0.1, 0.15) is 5.82 Å². The van der Waals surface area contributed by atoms with Gasteiger partial charge in [0.2, 0.25) is 0 Å². The van der Waals surface area contributed by atoms with E-state index in [0.29, 0.717) is 21.9 Å². The summed E-state index contributed by atoms with van der Waals surface area (Å²) in [5.41, 5.74) is 1.25. The first-order valence-corrected chi connectivity index (χ1v) is 8.00. The first-order chi connectivity index (χ1) is 11.1. The van der Waals surface area contributed by atoms with Crippen LogP contribution in [-0.4, -0.2) is 19.8 Å². The van der Waals surface area contributed by atoms with Gasteiger partial charge in [0.05, 0.1) is 22.2 Å². The summed E-state index contributed by atoms with van der Waals surface area (Å²) < 4.78 is 1.48. The van der Waals surface area contributed by atoms with Crippen LogP contribution in [0.15, 0.2) is 52.4 Å². The Morgan fingerprint density at radius 1 is 1.17 bits per heavy atom. The van der Waals surface area contributed by atoms with E-state index < -0.39 is 0 Å². The van der Waals surface area contributed by atoms with Crippen LogP contribution >= 0.6 is 11.8 Å². The number of hydrogen-bond donors (Lipinski definition) is 0. The molecule has 0 bridgehead atoms. The Morgan fingerprint density at radius 2 is 1.96 bits per heavy atom. The third-order valence-corrected chi connectivity index (χ3v) is 4.26. The Bertz CT molecular complexity index is 974. The van der Waals surface area contributed by atoms with E-state index in [1.807, 2.05) is 31.2 Å². The molecule has 0 unspecified atom stereocenters. The smallest absolute Gasteiger partial charge is 0.267 e. The third kappa shape index (κ3) is 2.96. The highest BCUT2D eigenvalue weighted by molar-refractivity contribution is 8.00. The second-order valence-electron chi connectivity index (χ2n) is 5.08. The standard InChI is InChI=1S/C17H14N4OS/c1-11-6-5-9-15(19-11)21-16(22)13-7-3-4-8-14(13)20-17(21)23-12(2)10-18/h3-9,12H,1-2H3/t12-/m0/s1. The van der Waals surface area contributed by atoms with Gasteiger partial charge in [-0.25, -0.2) is 14.5 Å². The average molecular weight is 322 g/mol.